The lowest BCUT2D eigenvalue weighted by atomic mass is 10.1. The molecule has 0 aliphatic carbocycles. The Bertz CT molecular complexity index is 577. The summed E-state index contributed by atoms with van der Waals surface area (Å²) >= 11 is 7.26. The second kappa shape index (κ2) is 6.37. The minimum atomic E-state index is -0.451. The van der Waals surface area contributed by atoms with Crippen molar-refractivity contribution in [1.82, 2.24) is 0 Å². The van der Waals surface area contributed by atoms with Gasteiger partial charge >= 0.3 is 0 Å². The van der Waals surface area contributed by atoms with Gasteiger partial charge in [-0.25, -0.2) is 8.78 Å². The average molecular weight is 300 g/mol. The van der Waals surface area contributed by atoms with Crippen LogP contribution in [-0.2, 0) is 0 Å². The van der Waals surface area contributed by atoms with E-state index in [2.05, 4.69) is 0 Å². The monoisotopic (exact) mass is 299 g/mol. The number of nitrogens with two attached hydrogens (primary N) is 1. The summed E-state index contributed by atoms with van der Waals surface area (Å²) < 4.78 is 26.6. The van der Waals surface area contributed by atoms with Gasteiger partial charge in [0.05, 0.1) is 0 Å². The molecule has 0 aromatic heterocycles. The summed E-state index contributed by atoms with van der Waals surface area (Å²) in [7, 11) is 0. The number of rotatable bonds is 4. The van der Waals surface area contributed by atoms with Crippen LogP contribution in [0.4, 0.5) is 8.78 Å². The van der Waals surface area contributed by atoms with E-state index in [4.69, 9.17) is 17.3 Å². The quantitative estimate of drug-likeness (QED) is 0.846. The van der Waals surface area contributed by atoms with E-state index in [1.54, 1.807) is 18.2 Å². The number of thioether (sulfide) groups is 1. The molecule has 0 aliphatic rings. The zero-order valence-corrected chi connectivity index (χ0v) is 11.5. The lowest BCUT2D eigenvalue weighted by Crippen LogP contribution is -2.14. The zero-order chi connectivity index (χ0) is 13.8. The fraction of sp³-hybridized carbons (Fsp3) is 0.143. The lowest BCUT2D eigenvalue weighted by molar-refractivity contribution is 0.601. The van der Waals surface area contributed by atoms with Crippen LogP contribution < -0.4 is 5.73 Å². The summed E-state index contributed by atoms with van der Waals surface area (Å²) in [4.78, 5) is 0.519. The summed E-state index contributed by atoms with van der Waals surface area (Å²) in [6, 6.07) is 10.1. The van der Waals surface area contributed by atoms with Crippen molar-refractivity contribution in [3.63, 3.8) is 0 Å². The van der Waals surface area contributed by atoms with E-state index in [1.165, 1.54) is 36.0 Å². The van der Waals surface area contributed by atoms with E-state index in [9.17, 15) is 8.78 Å². The van der Waals surface area contributed by atoms with Crippen LogP contribution in [0.3, 0.4) is 0 Å². The van der Waals surface area contributed by atoms with Crippen molar-refractivity contribution >= 4 is 23.4 Å². The van der Waals surface area contributed by atoms with Crippen molar-refractivity contribution in [1.29, 1.82) is 0 Å². The number of hydrogen-bond donors (Lipinski definition) is 1. The number of halogens is 3. The van der Waals surface area contributed by atoms with E-state index in [0.29, 0.717) is 21.2 Å². The minimum absolute atomic E-state index is 0.287. The first kappa shape index (κ1) is 14.3. The first-order valence-corrected chi connectivity index (χ1v) is 7.02. The highest BCUT2D eigenvalue weighted by atomic mass is 35.5. The molecule has 19 heavy (non-hydrogen) atoms. The van der Waals surface area contributed by atoms with Crippen molar-refractivity contribution in [3.05, 3.63) is 64.7 Å². The molecule has 1 atom stereocenters. The van der Waals surface area contributed by atoms with Crippen LogP contribution in [0.2, 0.25) is 5.02 Å². The van der Waals surface area contributed by atoms with Gasteiger partial charge in [0.1, 0.15) is 11.6 Å². The van der Waals surface area contributed by atoms with Crippen LogP contribution in [0, 0.1) is 11.6 Å². The molecule has 0 amide bonds. The molecule has 0 spiro atoms. The predicted octanol–water partition coefficient (Wildman–Crippen LogP) is 4.41. The normalized spacial score (nSPS) is 12.4. The molecule has 5 heteroatoms. The molecule has 100 valence electrons. The number of benzene rings is 2. The molecular formula is C14H12ClF2NS. The first-order valence-electron chi connectivity index (χ1n) is 5.66. The van der Waals surface area contributed by atoms with E-state index >= 15 is 0 Å². The van der Waals surface area contributed by atoms with Crippen LogP contribution in [-0.4, -0.2) is 5.75 Å². The minimum Gasteiger partial charge on any atom is -0.323 e. The topological polar surface area (TPSA) is 26.0 Å². The molecule has 1 unspecified atom stereocenters. The Labute approximate surface area is 119 Å². The molecule has 0 aliphatic heterocycles. The van der Waals surface area contributed by atoms with Gasteiger partial charge in [-0.05, 0) is 35.9 Å². The molecule has 0 saturated carbocycles. The summed E-state index contributed by atoms with van der Waals surface area (Å²) in [5, 5.41) is 0.419. The highest BCUT2D eigenvalue weighted by Gasteiger charge is 2.13. The maximum atomic E-state index is 13.4. The Balaban J connectivity index is 2.07. The fourth-order valence-electron chi connectivity index (χ4n) is 1.63. The van der Waals surface area contributed by atoms with E-state index in [1.807, 2.05) is 0 Å². The summed E-state index contributed by atoms with van der Waals surface area (Å²) in [5.41, 5.74) is 6.50. The number of hydrogen-bond acceptors (Lipinski definition) is 2. The van der Waals surface area contributed by atoms with Gasteiger partial charge in [0.2, 0.25) is 0 Å². The van der Waals surface area contributed by atoms with Crippen LogP contribution in [0.15, 0.2) is 47.4 Å². The second-order valence-electron chi connectivity index (χ2n) is 4.01. The third-order valence-corrected chi connectivity index (χ3v) is 4.12. The standard InChI is InChI=1S/C14H12ClF2NS/c15-11-6-5-9(16)7-10(11)13(18)8-19-14-4-2-1-3-12(14)17/h1-7,13H,8,18H2. The molecule has 0 fully saturated rings. The second-order valence-corrected chi connectivity index (χ2v) is 5.48. The van der Waals surface area contributed by atoms with Gasteiger partial charge < -0.3 is 5.73 Å². The lowest BCUT2D eigenvalue weighted by Gasteiger charge is -2.13. The SMILES string of the molecule is NC(CSc1ccccc1F)c1cc(F)ccc1Cl. The largest absolute Gasteiger partial charge is 0.323 e. The van der Waals surface area contributed by atoms with E-state index < -0.39 is 6.04 Å². The Morgan fingerprint density at radius 2 is 1.89 bits per heavy atom. The molecule has 0 radical (unpaired) electrons. The summed E-state index contributed by atoms with van der Waals surface area (Å²) in [5.74, 6) is -0.250. The third kappa shape index (κ3) is 3.69. The van der Waals surface area contributed by atoms with E-state index in [-0.39, 0.29) is 11.6 Å². The Kier molecular flexibility index (Phi) is 4.80. The Morgan fingerprint density at radius 1 is 1.16 bits per heavy atom. The molecule has 2 aromatic rings. The van der Waals surface area contributed by atoms with Crippen molar-refractivity contribution in [2.24, 2.45) is 5.73 Å². The summed E-state index contributed by atoms with van der Waals surface area (Å²) in [6.45, 7) is 0. The smallest absolute Gasteiger partial charge is 0.136 e. The maximum absolute atomic E-state index is 13.4. The molecule has 0 saturated heterocycles. The molecule has 0 heterocycles. The van der Waals surface area contributed by atoms with Crippen LogP contribution in [0.1, 0.15) is 11.6 Å². The Morgan fingerprint density at radius 3 is 2.63 bits per heavy atom. The predicted molar refractivity (Wildman–Crippen MR) is 75.5 cm³/mol. The molecule has 2 aromatic carbocycles. The molecular weight excluding hydrogens is 288 g/mol. The van der Waals surface area contributed by atoms with Crippen molar-refractivity contribution in [3.8, 4) is 0 Å². The van der Waals surface area contributed by atoms with Gasteiger partial charge in [0.15, 0.2) is 0 Å². The zero-order valence-electron chi connectivity index (χ0n) is 9.95. The van der Waals surface area contributed by atoms with Crippen molar-refractivity contribution in [2.75, 3.05) is 5.75 Å². The third-order valence-electron chi connectivity index (χ3n) is 2.61. The van der Waals surface area contributed by atoms with Gasteiger partial charge in [-0.2, -0.15) is 0 Å². The summed E-state index contributed by atoms with van der Waals surface area (Å²) in [6.07, 6.45) is 0. The molecule has 1 nitrogen and oxygen atoms in total. The highest BCUT2D eigenvalue weighted by molar-refractivity contribution is 7.99. The Hall–Kier alpha value is -1.10. The molecule has 2 N–H and O–H groups in total. The van der Waals surface area contributed by atoms with Crippen LogP contribution in [0.5, 0.6) is 0 Å². The molecule has 2 rings (SSSR count). The fourth-order valence-corrected chi connectivity index (χ4v) is 2.81. The van der Waals surface area contributed by atoms with Gasteiger partial charge in [-0.15, -0.1) is 11.8 Å². The van der Waals surface area contributed by atoms with Crippen molar-refractivity contribution < 1.29 is 8.78 Å². The maximum Gasteiger partial charge on any atom is 0.136 e. The van der Waals surface area contributed by atoms with Gasteiger partial charge in [0, 0.05) is 21.7 Å². The van der Waals surface area contributed by atoms with Crippen LogP contribution in [0.25, 0.3) is 0 Å². The van der Waals surface area contributed by atoms with E-state index in [0.717, 1.165) is 0 Å². The highest BCUT2D eigenvalue weighted by Crippen LogP contribution is 2.29. The van der Waals surface area contributed by atoms with Gasteiger partial charge in [-0.1, -0.05) is 23.7 Å². The average Bonchev–Trinajstić information content (AvgIpc) is 2.40. The first-order chi connectivity index (χ1) is 9.08. The van der Waals surface area contributed by atoms with Crippen LogP contribution >= 0.6 is 23.4 Å². The van der Waals surface area contributed by atoms with Gasteiger partial charge in [-0.3, -0.25) is 0 Å². The molecule has 0 bridgehead atoms. The van der Waals surface area contributed by atoms with Crippen molar-refractivity contribution in [2.45, 2.75) is 10.9 Å². The van der Waals surface area contributed by atoms with Gasteiger partial charge in [0.25, 0.3) is 0 Å².